The number of aryl methyl sites for hydroxylation is 1. The first-order valence-corrected chi connectivity index (χ1v) is 9.37. The number of benzene rings is 1. The molecule has 6 heteroatoms. The van der Waals surface area contributed by atoms with Crippen LogP contribution < -0.4 is 10.6 Å². The standard InChI is InChI=1S/C19H21N3O2S/c1-3-25-18-11-15(8-9-20-18)19(24)21-12(2)13-4-6-16-14(10-13)5-7-17(23)22-16/h4,6,8-12H,3,5,7H2,1-2H3,(H,21,24)(H,22,23). The molecule has 0 bridgehead atoms. The zero-order valence-electron chi connectivity index (χ0n) is 14.3. The van der Waals surface area contributed by atoms with Crippen molar-refractivity contribution in [3.05, 3.63) is 53.2 Å². The van der Waals surface area contributed by atoms with Gasteiger partial charge in [0, 0.05) is 23.9 Å². The summed E-state index contributed by atoms with van der Waals surface area (Å²) in [6, 6.07) is 9.34. The van der Waals surface area contributed by atoms with E-state index in [2.05, 4.69) is 28.6 Å². The molecule has 0 aliphatic carbocycles. The predicted octanol–water partition coefficient (Wildman–Crippen LogP) is 3.57. The Morgan fingerprint density at radius 2 is 2.16 bits per heavy atom. The Hall–Kier alpha value is -2.34. The molecule has 2 amide bonds. The maximum atomic E-state index is 12.5. The summed E-state index contributed by atoms with van der Waals surface area (Å²) < 4.78 is 0. The normalized spacial score (nSPS) is 14.4. The van der Waals surface area contributed by atoms with E-state index in [1.807, 2.05) is 25.1 Å². The van der Waals surface area contributed by atoms with Gasteiger partial charge in [0.05, 0.1) is 11.1 Å². The fraction of sp³-hybridized carbons (Fsp3) is 0.316. The van der Waals surface area contributed by atoms with Gasteiger partial charge in [0.2, 0.25) is 5.91 Å². The molecule has 5 nitrogen and oxygen atoms in total. The molecule has 1 aliphatic rings. The van der Waals surface area contributed by atoms with Crippen LogP contribution in [0.5, 0.6) is 0 Å². The molecule has 3 rings (SSSR count). The second-order valence-corrected chi connectivity index (χ2v) is 7.26. The van der Waals surface area contributed by atoms with Gasteiger partial charge in [-0.25, -0.2) is 4.98 Å². The van der Waals surface area contributed by atoms with Gasteiger partial charge in [-0.05, 0) is 48.4 Å². The van der Waals surface area contributed by atoms with E-state index in [0.29, 0.717) is 12.0 Å². The van der Waals surface area contributed by atoms with E-state index in [1.165, 1.54) is 0 Å². The molecule has 1 aliphatic heterocycles. The molecule has 0 spiro atoms. The van der Waals surface area contributed by atoms with Gasteiger partial charge in [-0.3, -0.25) is 9.59 Å². The molecule has 1 aromatic carbocycles. The molecule has 1 atom stereocenters. The lowest BCUT2D eigenvalue weighted by atomic mass is 9.97. The zero-order chi connectivity index (χ0) is 17.8. The van der Waals surface area contributed by atoms with E-state index in [1.54, 1.807) is 24.0 Å². The number of fused-ring (bicyclic) bond motifs is 1. The van der Waals surface area contributed by atoms with Crippen molar-refractivity contribution in [3.63, 3.8) is 0 Å². The topological polar surface area (TPSA) is 71.1 Å². The minimum absolute atomic E-state index is 0.0556. The molecule has 0 saturated heterocycles. The summed E-state index contributed by atoms with van der Waals surface area (Å²) in [5, 5.41) is 6.76. The summed E-state index contributed by atoms with van der Waals surface area (Å²) in [4.78, 5) is 28.2. The molecule has 25 heavy (non-hydrogen) atoms. The lowest BCUT2D eigenvalue weighted by Crippen LogP contribution is -2.27. The van der Waals surface area contributed by atoms with Gasteiger partial charge in [0.1, 0.15) is 0 Å². The van der Waals surface area contributed by atoms with Crippen LogP contribution in [-0.4, -0.2) is 22.6 Å². The number of rotatable bonds is 5. The molecule has 0 fully saturated rings. The summed E-state index contributed by atoms with van der Waals surface area (Å²) >= 11 is 1.61. The van der Waals surface area contributed by atoms with Crippen LogP contribution in [0.1, 0.15) is 47.8 Å². The Bertz CT molecular complexity index is 807. The van der Waals surface area contributed by atoms with Crippen LogP contribution >= 0.6 is 11.8 Å². The zero-order valence-corrected chi connectivity index (χ0v) is 15.2. The van der Waals surface area contributed by atoms with Crippen molar-refractivity contribution in [2.75, 3.05) is 11.1 Å². The van der Waals surface area contributed by atoms with E-state index in [9.17, 15) is 9.59 Å². The minimum atomic E-state index is -0.120. The Morgan fingerprint density at radius 1 is 1.32 bits per heavy atom. The predicted molar refractivity (Wildman–Crippen MR) is 99.9 cm³/mol. The van der Waals surface area contributed by atoms with Crippen LogP contribution in [0.2, 0.25) is 0 Å². The van der Waals surface area contributed by atoms with Crippen molar-refractivity contribution in [1.82, 2.24) is 10.3 Å². The highest BCUT2D eigenvalue weighted by atomic mass is 32.2. The first-order valence-electron chi connectivity index (χ1n) is 8.39. The van der Waals surface area contributed by atoms with Crippen LogP contribution in [0.15, 0.2) is 41.6 Å². The third kappa shape index (κ3) is 4.20. The van der Waals surface area contributed by atoms with Crippen molar-refractivity contribution in [2.24, 2.45) is 0 Å². The number of nitrogens with zero attached hydrogens (tertiary/aromatic N) is 1. The Kier molecular flexibility index (Phi) is 5.38. The lowest BCUT2D eigenvalue weighted by Gasteiger charge is -2.20. The number of pyridine rings is 1. The smallest absolute Gasteiger partial charge is 0.251 e. The van der Waals surface area contributed by atoms with Gasteiger partial charge in [0.25, 0.3) is 5.91 Å². The summed E-state index contributed by atoms with van der Waals surface area (Å²) in [7, 11) is 0. The number of hydrogen-bond acceptors (Lipinski definition) is 4. The van der Waals surface area contributed by atoms with Crippen LogP contribution in [0.25, 0.3) is 0 Å². The van der Waals surface area contributed by atoms with Gasteiger partial charge >= 0.3 is 0 Å². The number of carbonyl (C=O) groups excluding carboxylic acids is 2. The molecule has 2 aromatic rings. The molecule has 1 unspecified atom stereocenters. The monoisotopic (exact) mass is 355 g/mol. The summed E-state index contributed by atoms with van der Waals surface area (Å²) in [6.07, 6.45) is 2.91. The van der Waals surface area contributed by atoms with Crippen molar-refractivity contribution < 1.29 is 9.59 Å². The highest BCUT2D eigenvalue weighted by Crippen LogP contribution is 2.26. The second kappa shape index (κ2) is 7.70. The van der Waals surface area contributed by atoms with Crippen LogP contribution in [-0.2, 0) is 11.2 Å². The molecule has 2 heterocycles. The maximum absolute atomic E-state index is 12.5. The van der Waals surface area contributed by atoms with Gasteiger partial charge in [-0.2, -0.15) is 0 Å². The number of aromatic nitrogens is 1. The SMILES string of the molecule is CCSc1cc(C(=O)NC(C)c2ccc3c(c2)CCC(=O)N3)ccn1. The van der Waals surface area contributed by atoms with E-state index in [0.717, 1.165) is 34.0 Å². The summed E-state index contributed by atoms with van der Waals surface area (Å²) in [5.41, 5.74) is 3.63. The molecule has 0 radical (unpaired) electrons. The second-order valence-electron chi connectivity index (χ2n) is 5.98. The molecule has 1 aromatic heterocycles. The number of thioether (sulfide) groups is 1. The van der Waals surface area contributed by atoms with Crippen molar-refractivity contribution in [1.29, 1.82) is 0 Å². The molecule has 2 N–H and O–H groups in total. The fourth-order valence-corrected chi connectivity index (χ4v) is 3.45. The fourth-order valence-electron chi connectivity index (χ4n) is 2.81. The van der Waals surface area contributed by atoms with Crippen molar-refractivity contribution >= 4 is 29.3 Å². The van der Waals surface area contributed by atoms with Gasteiger partial charge in [-0.15, -0.1) is 11.8 Å². The number of amides is 2. The van der Waals surface area contributed by atoms with Crippen LogP contribution in [0.3, 0.4) is 0 Å². The average molecular weight is 355 g/mol. The third-order valence-electron chi connectivity index (χ3n) is 4.16. The first kappa shape index (κ1) is 17.5. The molecule has 130 valence electrons. The number of nitrogens with one attached hydrogen (secondary N) is 2. The number of anilines is 1. The van der Waals surface area contributed by atoms with Crippen molar-refractivity contribution in [3.8, 4) is 0 Å². The third-order valence-corrected chi connectivity index (χ3v) is 4.97. The van der Waals surface area contributed by atoms with Gasteiger partial charge < -0.3 is 10.6 Å². The van der Waals surface area contributed by atoms with Gasteiger partial charge in [0.15, 0.2) is 0 Å². The highest BCUT2D eigenvalue weighted by molar-refractivity contribution is 7.99. The van der Waals surface area contributed by atoms with Crippen molar-refractivity contribution in [2.45, 2.75) is 37.8 Å². The average Bonchev–Trinajstić information content (AvgIpc) is 2.61. The van der Waals surface area contributed by atoms with Gasteiger partial charge in [-0.1, -0.05) is 19.1 Å². The molecular weight excluding hydrogens is 334 g/mol. The van der Waals surface area contributed by atoms with Crippen LogP contribution in [0.4, 0.5) is 5.69 Å². The summed E-state index contributed by atoms with van der Waals surface area (Å²) in [6.45, 7) is 4.02. The first-order chi connectivity index (χ1) is 12.1. The molecule has 0 saturated carbocycles. The Balaban J connectivity index is 1.71. The number of hydrogen-bond donors (Lipinski definition) is 2. The van der Waals surface area contributed by atoms with E-state index < -0.39 is 0 Å². The number of carbonyl (C=O) groups is 2. The minimum Gasteiger partial charge on any atom is -0.346 e. The molecular formula is C19H21N3O2S. The summed E-state index contributed by atoms with van der Waals surface area (Å²) in [5.74, 6) is 0.860. The Morgan fingerprint density at radius 3 is 2.96 bits per heavy atom. The van der Waals surface area contributed by atoms with E-state index >= 15 is 0 Å². The van der Waals surface area contributed by atoms with E-state index in [-0.39, 0.29) is 17.9 Å². The van der Waals surface area contributed by atoms with E-state index in [4.69, 9.17) is 0 Å². The largest absolute Gasteiger partial charge is 0.346 e. The lowest BCUT2D eigenvalue weighted by molar-refractivity contribution is -0.116. The highest BCUT2D eigenvalue weighted by Gasteiger charge is 2.17. The maximum Gasteiger partial charge on any atom is 0.251 e. The Labute approximate surface area is 151 Å². The quantitative estimate of drug-likeness (QED) is 0.805. The van der Waals surface area contributed by atoms with Crippen LogP contribution in [0, 0.1) is 0 Å².